The van der Waals surface area contributed by atoms with Crippen LogP contribution in [-0.2, 0) is 0 Å². The Morgan fingerprint density at radius 1 is 1.22 bits per heavy atom. The van der Waals surface area contributed by atoms with Gasteiger partial charge in [0.2, 0.25) is 0 Å². The van der Waals surface area contributed by atoms with E-state index in [2.05, 4.69) is 4.98 Å². The Labute approximate surface area is 133 Å². The van der Waals surface area contributed by atoms with Crippen molar-refractivity contribution in [2.75, 3.05) is 5.73 Å². The molecule has 0 spiro atoms. The van der Waals surface area contributed by atoms with Crippen LogP contribution in [0.25, 0.3) is 16.9 Å². The second kappa shape index (κ2) is 5.01. The number of carbonyl (C=O) groups excluding carboxylic acids is 1. The van der Waals surface area contributed by atoms with Crippen LogP contribution in [0.15, 0.2) is 24.4 Å². The normalized spacial score (nSPS) is 11.1. The van der Waals surface area contributed by atoms with Crippen LogP contribution >= 0.6 is 0 Å². The maximum absolute atomic E-state index is 11.9. The van der Waals surface area contributed by atoms with Crippen molar-refractivity contribution in [3.05, 3.63) is 46.8 Å². The van der Waals surface area contributed by atoms with Gasteiger partial charge in [-0.15, -0.1) is 0 Å². The molecule has 0 saturated heterocycles. The number of primary amides is 1. The first-order chi connectivity index (χ1) is 10.8. The number of rotatable bonds is 2. The minimum atomic E-state index is -0.625. The van der Waals surface area contributed by atoms with Gasteiger partial charge >= 0.3 is 0 Å². The highest BCUT2D eigenvalue weighted by Crippen LogP contribution is 2.39. The fourth-order valence-corrected chi connectivity index (χ4v) is 2.94. The number of hydrogen-bond acceptors (Lipinski definition) is 4. The fourth-order valence-electron chi connectivity index (χ4n) is 2.94. The number of anilines is 1. The number of nitrogens with two attached hydrogens (primary N) is 2. The topological polar surface area (TPSA) is 107 Å². The number of benzene rings is 1. The van der Waals surface area contributed by atoms with Gasteiger partial charge in [-0.05, 0) is 38.5 Å². The minimum absolute atomic E-state index is 0.167. The van der Waals surface area contributed by atoms with Crippen LogP contribution in [0.1, 0.15) is 27.2 Å². The Morgan fingerprint density at radius 3 is 2.57 bits per heavy atom. The average molecular weight is 310 g/mol. The molecular weight excluding hydrogens is 292 g/mol. The largest absolute Gasteiger partial charge is 0.508 e. The Bertz CT molecular complexity index is 957. The third-order valence-corrected chi connectivity index (χ3v) is 4.09. The summed E-state index contributed by atoms with van der Waals surface area (Å²) in [7, 11) is 0. The average Bonchev–Trinajstić information content (AvgIpc) is 2.75. The Morgan fingerprint density at radius 2 is 1.91 bits per heavy atom. The number of carbonyl (C=O) groups is 1. The highest BCUT2D eigenvalue weighted by molar-refractivity contribution is 6.08. The van der Waals surface area contributed by atoms with Gasteiger partial charge in [0.05, 0.1) is 11.4 Å². The van der Waals surface area contributed by atoms with Crippen LogP contribution in [0.2, 0.25) is 0 Å². The molecule has 5 N–H and O–H groups in total. The second-order valence-corrected chi connectivity index (χ2v) is 5.67. The van der Waals surface area contributed by atoms with Gasteiger partial charge in [0.1, 0.15) is 11.3 Å². The highest BCUT2D eigenvalue weighted by Gasteiger charge is 2.24. The zero-order valence-electron chi connectivity index (χ0n) is 13.2. The van der Waals surface area contributed by atoms with Gasteiger partial charge in [0.25, 0.3) is 5.91 Å². The van der Waals surface area contributed by atoms with Gasteiger partial charge in [0, 0.05) is 23.0 Å². The zero-order valence-corrected chi connectivity index (χ0v) is 13.2. The number of phenolic OH excluding ortho intramolecular Hbond substituents is 1. The summed E-state index contributed by atoms with van der Waals surface area (Å²) in [5.41, 5.74) is 16.4. The molecule has 0 atom stereocenters. The van der Waals surface area contributed by atoms with Gasteiger partial charge in [-0.1, -0.05) is 6.07 Å². The van der Waals surface area contributed by atoms with Crippen LogP contribution in [-0.4, -0.2) is 20.4 Å². The fraction of sp³-hybridized carbons (Fsp3) is 0.176. The van der Waals surface area contributed by atoms with E-state index in [-0.39, 0.29) is 17.0 Å². The maximum atomic E-state index is 11.9. The quantitative estimate of drug-likeness (QED) is 0.675. The molecule has 1 aromatic carbocycles. The first-order valence-corrected chi connectivity index (χ1v) is 7.19. The van der Waals surface area contributed by atoms with Crippen molar-refractivity contribution in [3.8, 4) is 17.0 Å². The monoisotopic (exact) mass is 310 g/mol. The summed E-state index contributed by atoms with van der Waals surface area (Å²) >= 11 is 0. The number of aryl methyl sites for hydroxylation is 2. The van der Waals surface area contributed by atoms with Crippen LogP contribution in [0.5, 0.6) is 5.75 Å². The van der Waals surface area contributed by atoms with Gasteiger partial charge in [0.15, 0.2) is 5.65 Å². The lowest BCUT2D eigenvalue weighted by Crippen LogP contribution is -2.13. The number of nitrogen functional groups attached to an aromatic ring is 1. The van der Waals surface area contributed by atoms with Crippen LogP contribution in [0, 0.1) is 20.8 Å². The van der Waals surface area contributed by atoms with Gasteiger partial charge in [-0.25, -0.2) is 4.98 Å². The van der Waals surface area contributed by atoms with Crippen molar-refractivity contribution < 1.29 is 9.90 Å². The standard InChI is InChI=1S/C17H18N4O2/c1-8-4-5-11(22)10(3)12(8)15-14(18)13(16(19)23)17-20-9(2)6-7-21(15)17/h4-7,22H,18H2,1-3H3,(H2,19,23). The summed E-state index contributed by atoms with van der Waals surface area (Å²) in [6.07, 6.45) is 1.80. The lowest BCUT2D eigenvalue weighted by Gasteiger charge is -2.13. The highest BCUT2D eigenvalue weighted by atomic mass is 16.3. The van der Waals surface area contributed by atoms with E-state index < -0.39 is 5.91 Å². The third-order valence-electron chi connectivity index (χ3n) is 4.09. The third kappa shape index (κ3) is 2.11. The molecule has 0 unspecified atom stereocenters. The molecule has 0 bridgehead atoms. The number of amides is 1. The Hall–Kier alpha value is -3.02. The number of hydrogen-bond donors (Lipinski definition) is 3. The molecule has 0 saturated carbocycles. The first kappa shape index (κ1) is 14.9. The van der Waals surface area contributed by atoms with E-state index in [4.69, 9.17) is 11.5 Å². The molecule has 0 aliphatic heterocycles. The Kier molecular flexibility index (Phi) is 3.25. The van der Waals surface area contributed by atoms with Crippen LogP contribution in [0.3, 0.4) is 0 Å². The van der Waals surface area contributed by atoms with E-state index in [1.807, 2.05) is 32.9 Å². The second-order valence-electron chi connectivity index (χ2n) is 5.67. The molecule has 23 heavy (non-hydrogen) atoms. The molecule has 6 nitrogen and oxygen atoms in total. The zero-order chi connectivity index (χ0) is 16.9. The number of aromatic hydroxyl groups is 1. The van der Waals surface area contributed by atoms with E-state index in [9.17, 15) is 9.90 Å². The molecule has 0 fully saturated rings. The van der Waals surface area contributed by atoms with E-state index in [0.717, 1.165) is 16.8 Å². The summed E-state index contributed by atoms with van der Waals surface area (Å²) in [6.45, 7) is 5.56. The molecule has 1 amide bonds. The predicted octanol–water partition coefficient (Wildman–Crippen LogP) is 2.31. The summed E-state index contributed by atoms with van der Waals surface area (Å²) in [5.74, 6) is -0.458. The number of fused-ring (bicyclic) bond motifs is 1. The lowest BCUT2D eigenvalue weighted by molar-refractivity contribution is 0.100. The molecule has 118 valence electrons. The Balaban J connectivity index is 2.52. The molecular formula is C17H18N4O2. The van der Waals surface area contributed by atoms with Crippen molar-refractivity contribution in [1.82, 2.24) is 9.38 Å². The van der Waals surface area contributed by atoms with E-state index in [0.29, 0.717) is 16.9 Å². The van der Waals surface area contributed by atoms with E-state index in [1.165, 1.54) is 0 Å². The first-order valence-electron chi connectivity index (χ1n) is 7.19. The van der Waals surface area contributed by atoms with Crippen molar-refractivity contribution in [2.24, 2.45) is 5.73 Å². The van der Waals surface area contributed by atoms with Crippen molar-refractivity contribution >= 4 is 17.2 Å². The van der Waals surface area contributed by atoms with Crippen molar-refractivity contribution in [1.29, 1.82) is 0 Å². The van der Waals surface area contributed by atoms with Crippen LogP contribution < -0.4 is 11.5 Å². The van der Waals surface area contributed by atoms with E-state index >= 15 is 0 Å². The smallest absolute Gasteiger partial charge is 0.254 e. The molecule has 2 heterocycles. The molecule has 3 rings (SSSR count). The number of phenols is 1. The van der Waals surface area contributed by atoms with E-state index in [1.54, 1.807) is 16.7 Å². The number of aromatic nitrogens is 2. The molecule has 0 aliphatic carbocycles. The van der Waals surface area contributed by atoms with Gasteiger partial charge < -0.3 is 16.6 Å². The van der Waals surface area contributed by atoms with Crippen molar-refractivity contribution in [3.63, 3.8) is 0 Å². The number of nitrogens with zero attached hydrogens (tertiary/aromatic N) is 2. The predicted molar refractivity (Wildman–Crippen MR) is 89.4 cm³/mol. The molecule has 0 radical (unpaired) electrons. The van der Waals surface area contributed by atoms with Crippen LogP contribution in [0.4, 0.5) is 5.69 Å². The maximum Gasteiger partial charge on any atom is 0.254 e. The SMILES string of the molecule is Cc1ccn2c(-c3c(C)ccc(O)c3C)c(N)c(C(N)=O)c2n1. The summed E-state index contributed by atoms with van der Waals surface area (Å²) < 4.78 is 1.75. The van der Waals surface area contributed by atoms with Gasteiger partial charge in [-0.2, -0.15) is 0 Å². The summed E-state index contributed by atoms with van der Waals surface area (Å²) in [4.78, 5) is 16.3. The minimum Gasteiger partial charge on any atom is -0.508 e. The summed E-state index contributed by atoms with van der Waals surface area (Å²) in [6, 6.07) is 5.27. The molecule has 0 aliphatic rings. The lowest BCUT2D eigenvalue weighted by atomic mass is 9.98. The summed E-state index contributed by atoms with van der Waals surface area (Å²) in [5, 5.41) is 10.1. The molecule has 3 aromatic rings. The molecule has 2 aromatic heterocycles. The van der Waals surface area contributed by atoms with Gasteiger partial charge in [-0.3, -0.25) is 9.20 Å². The molecule has 6 heteroatoms. The van der Waals surface area contributed by atoms with Crippen molar-refractivity contribution in [2.45, 2.75) is 20.8 Å².